The average Bonchev–Trinajstić information content (AvgIpc) is 2.97. The van der Waals surface area contributed by atoms with E-state index in [1.807, 2.05) is 6.92 Å². The highest BCUT2D eigenvalue weighted by Crippen LogP contribution is 2.31. The summed E-state index contributed by atoms with van der Waals surface area (Å²) in [6.45, 7) is 2.33. The van der Waals surface area contributed by atoms with Gasteiger partial charge in [-0.15, -0.1) is 0 Å². The van der Waals surface area contributed by atoms with Crippen molar-refractivity contribution >= 4 is 40.2 Å². The van der Waals surface area contributed by atoms with Gasteiger partial charge in [0, 0.05) is 19.0 Å². The number of urea groups is 1. The summed E-state index contributed by atoms with van der Waals surface area (Å²) >= 11 is 2.80. The molecule has 1 aliphatic rings. The molecule has 0 saturated heterocycles. The van der Waals surface area contributed by atoms with E-state index in [4.69, 9.17) is 5.26 Å². The zero-order chi connectivity index (χ0) is 18.8. The first kappa shape index (κ1) is 20.5. The molecule has 26 heavy (non-hydrogen) atoms. The normalized spacial score (nSPS) is 14.5. The summed E-state index contributed by atoms with van der Waals surface area (Å²) in [6.07, 6.45) is 6.62. The summed E-state index contributed by atoms with van der Waals surface area (Å²) in [4.78, 5) is 28.1. The van der Waals surface area contributed by atoms with Crippen molar-refractivity contribution in [1.82, 2.24) is 15.6 Å². The zero-order valence-corrected chi connectivity index (χ0v) is 16.6. The molecule has 2 rings (SSSR count). The second kappa shape index (κ2) is 11.0. The van der Waals surface area contributed by atoms with Gasteiger partial charge in [0.05, 0.1) is 21.7 Å². The van der Waals surface area contributed by atoms with Crippen LogP contribution in [0.1, 0.15) is 50.6 Å². The fourth-order valence-electron chi connectivity index (χ4n) is 2.78. The third kappa shape index (κ3) is 7.22. The number of nitrogens with zero attached hydrogens (tertiary/aromatic N) is 2. The van der Waals surface area contributed by atoms with Crippen molar-refractivity contribution in [2.45, 2.75) is 62.1 Å². The summed E-state index contributed by atoms with van der Waals surface area (Å²) in [6, 6.07) is 2.22. The summed E-state index contributed by atoms with van der Waals surface area (Å²) < 4.78 is 0.947. The number of carbonyl (C=O) groups is 2. The van der Waals surface area contributed by atoms with Crippen molar-refractivity contribution < 1.29 is 9.59 Å². The molecule has 1 fully saturated rings. The predicted octanol–water partition coefficient (Wildman–Crippen LogP) is 3.42. The number of nitriles is 1. The van der Waals surface area contributed by atoms with Crippen LogP contribution in [-0.4, -0.2) is 35.3 Å². The fraction of sp³-hybridized carbons (Fsp3) is 0.647. The van der Waals surface area contributed by atoms with Gasteiger partial charge in [0.25, 0.3) is 0 Å². The van der Waals surface area contributed by atoms with Crippen molar-refractivity contribution in [3.05, 3.63) is 5.69 Å². The molecule has 3 amide bonds. The highest BCUT2D eigenvalue weighted by molar-refractivity contribution is 8.01. The molecule has 0 aromatic carbocycles. The van der Waals surface area contributed by atoms with Gasteiger partial charge in [0.1, 0.15) is 0 Å². The third-order valence-electron chi connectivity index (χ3n) is 4.07. The fourth-order valence-corrected chi connectivity index (χ4v) is 4.60. The summed E-state index contributed by atoms with van der Waals surface area (Å²) in [5, 5.41) is 17.8. The average molecular weight is 396 g/mol. The Kier molecular flexibility index (Phi) is 8.71. The van der Waals surface area contributed by atoms with E-state index in [1.165, 1.54) is 42.4 Å². The van der Waals surface area contributed by atoms with E-state index in [0.717, 1.165) is 22.7 Å². The van der Waals surface area contributed by atoms with E-state index in [2.05, 4.69) is 27.0 Å². The van der Waals surface area contributed by atoms with Gasteiger partial charge in [-0.1, -0.05) is 42.4 Å². The summed E-state index contributed by atoms with van der Waals surface area (Å²) in [5.74, 6) is 0.246. The molecule has 0 aliphatic heterocycles. The van der Waals surface area contributed by atoms with Crippen LogP contribution in [0.2, 0.25) is 0 Å². The van der Waals surface area contributed by atoms with Gasteiger partial charge < -0.3 is 16.0 Å². The molecule has 9 heteroatoms. The molecule has 0 unspecified atom stereocenters. The number of carbonyl (C=O) groups excluding carboxylic acids is 2. The van der Waals surface area contributed by atoms with Gasteiger partial charge >= 0.3 is 6.03 Å². The Hall–Kier alpha value is -1.79. The van der Waals surface area contributed by atoms with Crippen LogP contribution in [0.5, 0.6) is 0 Å². The number of thiazole rings is 1. The second-order valence-corrected chi connectivity index (χ2v) is 8.47. The standard InChI is InChI=1S/C17H25N5O2S2/c1-12-15(25-11-9-18)26-17(20-12)22-14(23)8-5-10-19-16(24)21-13-6-3-2-4-7-13/h13H,2-8,10-11H2,1H3,(H2,19,21,24)(H,20,22,23). The molecule has 0 bridgehead atoms. The Morgan fingerprint density at radius 2 is 2.12 bits per heavy atom. The van der Waals surface area contributed by atoms with E-state index >= 15 is 0 Å². The smallest absolute Gasteiger partial charge is 0.315 e. The zero-order valence-electron chi connectivity index (χ0n) is 15.0. The number of amides is 3. The van der Waals surface area contributed by atoms with Gasteiger partial charge in [-0.05, 0) is 26.2 Å². The molecule has 1 saturated carbocycles. The van der Waals surface area contributed by atoms with Crippen molar-refractivity contribution in [3.63, 3.8) is 0 Å². The van der Waals surface area contributed by atoms with Crippen LogP contribution in [-0.2, 0) is 4.79 Å². The Bertz CT molecular complexity index is 650. The molecule has 142 valence electrons. The number of rotatable bonds is 8. The molecule has 1 aromatic rings. The summed E-state index contributed by atoms with van der Waals surface area (Å²) in [7, 11) is 0. The lowest BCUT2D eigenvalue weighted by Gasteiger charge is -2.22. The number of aromatic nitrogens is 1. The molecular formula is C17H25N5O2S2. The Morgan fingerprint density at radius 1 is 1.35 bits per heavy atom. The van der Waals surface area contributed by atoms with E-state index in [0.29, 0.717) is 30.3 Å². The van der Waals surface area contributed by atoms with Gasteiger partial charge in [-0.3, -0.25) is 4.79 Å². The van der Waals surface area contributed by atoms with Crippen molar-refractivity contribution in [2.75, 3.05) is 17.6 Å². The minimum atomic E-state index is -0.146. The molecular weight excluding hydrogens is 370 g/mol. The summed E-state index contributed by atoms with van der Waals surface area (Å²) in [5.41, 5.74) is 0.826. The predicted molar refractivity (Wildman–Crippen MR) is 104 cm³/mol. The van der Waals surface area contributed by atoms with E-state index in [1.54, 1.807) is 0 Å². The van der Waals surface area contributed by atoms with Gasteiger partial charge in [-0.2, -0.15) is 5.26 Å². The molecule has 1 aromatic heterocycles. The number of anilines is 1. The Balaban J connectivity index is 1.61. The minimum Gasteiger partial charge on any atom is -0.338 e. The molecule has 7 nitrogen and oxygen atoms in total. The first-order chi connectivity index (χ1) is 12.6. The lowest BCUT2D eigenvalue weighted by molar-refractivity contribution is -0.116. The highest BCUT2D eigenvalue weighted by Gasteiger charge is 2.15. The number of nitrogens with one attached hydrogen (secondary N) is 3. The lowest BCUT2D eigenvalue weighted by Crippen LogP contribution is -2.43. The Morgan fingerprint density at radius 3 is 2.85 bits per heavy atom. The topological polar surface area (TPSA) is 107 Å². The molecule has 1 aliphatic carbocycles. The van der Waals surface area contributed by atoms with Crippen LogP contribution in [0, 0.1) is 18.3 Å². The van der Waals surface area contributed by atoms with Gasteiger partial charge in [0.15, 0.2) is 5.13 Å². The van der Waals surface area contributed by atoms with Crippen LogP contribution in [0.3, 0.4) is 0 Å². The molecule has 1 heterocycles. The van der Waals surface area contributed by atoms with Crippen molar-refractivity contribution in [3.8, 4) is 6.07 Å². The molecule has 0 spiro atoms. The quantitative estimate of drug-likeness (QED) is 0.462. The van der Waals surface area contributed by atoms with Crippen LogP contribution in [0.4, 0.5) is 9.93 Å². The maximum atomic E-state index is 12.0. The van der Waals surface area contributed by atoms with Gasteiger partial charge in [-0.25, -0.2) is 9.78 Å². The largest absolute Gasteiger partial charge is 0.338 e. The Labute approximate surface area is 162 Å². The molecule has 0 atom stereocenters. The number of hydrogen-bond acceptors (Lipinski definition) is 6. The maximum Gasteiger partial charge on any atom is 0.315 e. The SMILES string of the molecule is Cc1nc(NC(=O)CCCNC(=O)NC2CCCCC2)sc1SCC#N. The van der Waals surface area contributed by atoms with E-state index < -0.39 is 0 Å². The molecule has 0 radical (unpaired) electrons. The number of thioether (sulfide) groups is 1. The van der Waals surface area contributed by atoms with Crippen molar-refractivity contribution in [2.24, 2.45) is 0 Å². The van der Waals surface area contributed by atoms with Gasteiger partial charge in [0.2, 0.25) is 5.91 Å². The van der Waals surface area contributed by atoms with E-state index in [9.17, 15) is 9.59 Å². The lowest BCUT2D eigenvalue weighted by atomic mass is 9.96. The van der Waals surface area contributed by atoms with Crippen LogP contribution >= 0.6 is 23.1 Å². The first-order valence-corrected chi connectivity index (χ1v) is 10.7. The monoisotopic (exact) mass is 395 g/mol. The molecule has 3 N–H and O–H groups in total. The van der Waals surface area contributed by atoms with E-state index in [-0.39, 0.29) is 18.0 Å². The highest BCUT2D eigenvalue weighted by atomic mass is 32.2. The van der Waals surface area contributed by atoms with Crippen LogP contribution in [0.15, 0.2) is 4.21 Å². The second-order valence-electron chi connectivity index (χ2n) is 6.23. The number of aryl methyl sites for hydroxylation is 1. The third-order valence-corrected chi connectivity index (χ3v) is 6.38. The van der Waals surface area contributed by atoms with Crippen LogP contribution in [0.25, 0.3) is 0 Å². The van der Waals surface area contributed by atoms with Crippen LogP contribution < -0.4 is 16.0 Å². The minimum absolute atomic E-state index is 0.120. The number of hydrogen-bond donors (Lipinski definition) is 3. The maximum absolute atomic E-state index is 12.0. The van der Waals surface area contributed by atoms with Crippen molar-refractivity contribution in [1.29, 1.82) is 5.26 Å². The first-order valence-electron chi connectivity index (χ1n) is 8.90.